The Bertz CT molecular complexity index is 810. The minimum Gasteiger partial charge on any atom is -0.486 e. The standard InChI is InChI=1S/C16H17N5OS2/c1-11-2-6-14(7-3-11)22-8-15-17-12(9-23-15)10-24-16-18-19-20-21(16)13-4-5-13/h2-3,6-7,9,13H,4-5,8,10H2,1H3. The zero-order chi connectivity index (χ0) is 16.4. The Morgan fingerprint density at radius 3 is 2.92 bits per heavy atom. The molecule has 0 aliphatic heterocycles. The highest BCUT2D eigenvalue weighted by Gasteiger charge is 2.27. The number of nitrogens with zero attached hydrogens (tertiary/aromatic N) is 5. The number of rotatable bonds is 7. The zero-order valence-corrected chi connectivity index (χ0v) is 14.9. The van der Waals surface area contributed by atoms with Crippen molar-refractivity contribution in [3.8, 4) is 5.75 Å². The predicted octanol–water partition coefficient (Wildman–Crippen LogP) is 3.64. The summed E-state index contributed by atoms with van der Waals surface area (Å²) in [6.45, 7) is 2.56. The Kier molecular flexibility index (Phi) is 4.48. The van der Waals surface area contributed by atoms with Crippen molar-refractivity contribution in [2.24, 2.45) is 0 Å². The van der Waals surface area contributed by atoms with Crippen molar-refractivity contribution in [2.75, 3.05) is 0 Å². The highest BCUT2D eigenvalue weighted by Crippen LogP contribution is 2.36. The Morgan fingerprint density at radius 2 is 2.12 bits per heavy atom. The first-order valence-corrected chi connectivity index (χ1v) is 9.68. The van der Waals surface area contributed by atoms with E-state index in [9.17, 15) is 0 Å². The van der Waals surface area contributed by atoms with Gasteiger partial charge < -0.3 is 4.74 Å². The first kappa shape index (κ1) is 15.6. The first-order chi connectivity index (χ1) is 11.8. The summed E-state index contributed by atoms with van der Waals surface area (Å²) in [5.74, 6) is 1.64. The summed E-state index contributed by atoms with van der Waals surface area (Å²) in [5.41, 5.74) is 2.27. The smallest absolute Gasteiger partial charge is 0.209 e. The van der Waals surface area contributed by atoms with Gasteiger partial charge in [0, 0.05) is 11.1 Å². The number of ether oxygens (including phenoxy) is 1. The fourth-order valence-corrected chi connectivity index (χ4v) is 3.88. The third-order valence-electron chi connectivity index (χ3n) is 3.69. The second-order valence-electron chi connectivity index (χ2n) is 5.76. The van der Waals surface area contributed by atoms with Crippen LogP contribution in [0.3, 0.4) is 0 Å². The lowest BCUT2D eigenvalue weighted by molar-refractivity contribution is 0.305. The molecule has 1 fully saturated rings. The molecule has 24 heavy (non-hydrogen) atoms. The van der Waals surface area contributed by atoms with Crippen molar-refractivity contribution in [3.63, 3.8) is 0 Å². The van der Waals surface area contributed by atoms with E-state index in [1.54, 1.807) is 23.1 Å². The molecule has 1 aliphatic carbocycles. The van der Waals surface area contributed by atoms with Crippen LogP contribution in [0.4, 0.5) is 0 Å². The summed E-state index contributed by atoms with van der Waals surface area (Å²) in [6.07, 6.45) is 2.35. The number of tetrazole rings is 1. The molecule has 0 spiro atoms. The molecule has 1 saturated carbocycles. The topological polar surface area (TPSA) is 65.7 Å². The number of thioether (sulfide) groups is 1. The highest BCUT2D eigenvalue weighted by atomic mass is 32.2. The lowest BCUT2D eigenvalue weighted by Gasteiger charge is -2.03. The van der Waals surface area contributed by atoms with Gasteiger partial charge in [-0.1, -0.05) is 29.5 Å². The molecule has 0 unspecified atom stereocenters. The quantitative estimate of drug-likeness (QED) is 0.600. The fraction of sp³-hybridized carbons (Fsp3) is 0.375. The summed E-state index contributed by atoms with van der Waals surface area (Å²) < 4.78 is 7.70. The van der Waals surface area contributed by atoms with Crippen LogP contribution in [-0.4, -0.2) is 25.2 Å². The van der Waals surface area contributed by atoms with Gasteiger partial charge in [0.05, 0.1) is 11.7 Å². The molecule has 0 bridgehead atoms. The minimum atomic E-state index is 0.497. The highest BCUT2D eigenvalue weighted by molar-refractivity contribution is 7.98. The van der Waals surface area contributed by atoms with Gasteiger partial charge in [0.25, 0.3) is 0 Å². The molecule has 6 nitrogen and oxygen atoms in total. The average molecular weight is 359 g/mol. The van der Waals surface area contributed by atoms with Crippen LogP contribution in [0.1, 0.15) is 35.1 Å². The van der Waals surface area contributed by atoms with Crippen LogP contribution in [0.2, 0.25) is 0 Å². The van der Waals surface area contributed by atoms with E-state index in [1.807, 2.05) is 28.9 Å². The number of hydrogen-bond acceptors (Lipinski definition) is 7. The molecule has 0 amide bonds. The van der Waals surface area contributed by atoms with Crippen molar-refractivity contribution in [2.45, 2.75) is 43.3 Å². The summed E-state index contributed by atoms with van der Waals surface area (Å²) in [5, 5.41) is 15.9. The van der Waals surface area contributed by atoms with E-state index in [0.717, 1.165) is 27.4 Å². The van der Waals surface area contributed by atoms with Gasteiger partial charge in [-0.15, -0.1) is 16.4 Å². The van der Waals surface area contributed by atoms with E-state index in [2.05, 4.69) is 32.8 Å². The van der Waals surface area contributed by atoms with E-state index in [-0.39, 0.29) is 0 Å². The second-order valence-corrected chi connectivity index (χ2v) is 7.65. The van der Waals surface area contributed by atoms with Gasteiger partial charge in [-0.2, -0.15) is 0 Å². The molecule has 0 atom stereocenters. The van der Waals surface area contributed by atoms with Crippen LogP contribution >= 0.6 is 23.1 Å². The maximum atomic E-state index is 5.77. The number of thiazole rings is 1. The molecule has 0 radical (unpaired) electrons. The molecule has 3 aromatic rings. The van der Waals surface area contributed by atoms with Gasteiger partial charge in [-0.05, 0) is 42.3 Å². The number of hydrogen-bond donors (Lipinski definition) is 0. The number of aryl methyl sites for hydroxylation is 1. The zero-order valence-electron chi connectivity index (χ0n) is 13.3. The van der Waals surface area contributed by atoms with Crippen molar-refractivity contribution < 1.29 is 4.74 Å². The van der Waals surface area contributed by atoms with Crippen LogP contribution in [0.25, 0.3) is 0 Å². The molecular weight excluding hydrogens is 342 g/mol. The van der Waals surface area contributed by atoms with Gasteiger partial charge in [0.1, 0.15) is 17.4 Å². The first-order valence-electron chi connectivity index (χ1n) is 7.81. The third kappa shape index (κ3) is 3.76. The molecule has 2 heterocycles. The number of aromatic nitrogens is 5. The van der Waals surface area contributed by atoms with Crippen molar-refractivity contribution in [1.82, 2.24) is 25.2 Å². The summed E-state index contributed by atoms with van der Waals surface area (Å²) in [4.78, 5) is 4.63. The second kappa shape index (κ2) is 6.90. The molecule has 2 aromatic heterocycles. The van der Waals surface area contributed by atoms with Gasteiger partial charge >= 0.3 is 0 Å². The molecule has 0 saturated heterocycles. The van der Waals surface area contributed by atoms with Crippen molar-refractivity contribution in [1.29, 1.82) is 0 Å². The molecule has 0 N–H and O–H groups in total. The normalized spacial score (nSPS) is 14.0. The van der Waals surface area contributed by atoms with E-state index in [0.29, 0.717) is 12.6 Å². The fourth-order valence-electron chi connectivity index (χ4n) is 2.23. The predicted molar refractivity (Wildman–Crippen MR) is 93.3 cm³/mol. The lowest BCUT2D eigenvalue weighted by Crippen LogP contribution is -1.99. The molecule has 1 aromatic carbocycles. The summed E-state index contributed by atoms with van der Waals surface area (Å²) in [6, 6.07) is 8.55. The third-order valence-corrected chi connectivity index (χ3v) is 5.53. The molecule has 1 aliphatic rings. The van der Waals surface area contributed by atoms with E-state index in [4.69, 9.17) is 4.74 Å². The van der Waals surface area contributed by atoms with Gasteiger partial charge in [0.15, 0.2) is 0 Å². The van der Waals surface area contributed by atoms with Gasteiger partial charge in [-0.3, -0.25) is 0 Å². The summed E-state index contributed by atoms with van der Waals surface area (Å²) in [7, 11) is 0. The Labute approximate surface area is 148 Å². The SMILES string of the molecule is Cc1ccc(OCc2nc(CSc3nnnn3C3CC3)cs2)cc1. The molecule has 8 heteroatoms. The van der Waals surface area contributed by atoms with Gasteiger partial charge in [0.2, 0.25) is 5.16 Å². The molecular formula is C16H17N5OS2. The van der Waals surface area contributed by atoms with Crippen LogP contribution < -0.4 is 4.74 Å². The minimum absolute atomic E-state index is 0.497. The largest absolute Gasteiger partial charge is 0.486 e. The maximum absolute atomic E-state index is 5.77. The Balaban J connectivity index is 1.31. The Hall–Kier alpha value is -1.93. The van der Waals surface area contributed by atoms with E-state index >= 15 is 0 Å². The van der Waals surface area contributed by atoms with Crippen LogP contribution in [0.5, 0.6) is 5.75 Å². The van der Waals surface area contributed by atoms with E-state index < -0.39 is 0 Å². The van der Waals surface area contributed by atoms with Crippen LogP contribution in [0, 0.1) is 6.92 Å². The van der Waals surface area contributed by atoms with Crippen molar-refractivity contribution >= 4 is 23.1 Å². The molecule has 124 valence electrons. The lowest BCUT2D eigenvalue weighted by atomic mass is 10.2. The van der Waals surface area contributed by atoms with Crippen LogP contribution in [0.15, 0.2) is 34.8 Å². The van der Waals surface area contributed by atoms with E-state index in [1.165, 1.54) is 18.4 Å². The molecule has 4 rings (SSSR count). The Morgan fingerprint density at radius 1 is 1.29 bits per heavy atom. The summed E-state index contributed by atoms with van der Waals surface area (Å²) >= 11 is 3.26. The number of benzene rings is 1. The van der Waals surface area contributed by atoms with Crippen molar-refractivity contribution in [3.05, 3.63) is 45.9 Å². The van der Waals surface area contributed by atoms with Crippen LogP contribution in [-0.2, 0) is 12.4 Å². The average Bonchev–Trinajstić information content (AvgIpc) is 3.16. The van der Waals surface area contributed by atoms with Gasteiger partial charge in [-0.25, -0.2) is 9.67 Å². The maximum Gasteiger partial charge on any atom is 0.209 e. The monoisotopic (exact) mass is 359 g/mol.